The number of rotatable bonds is 2. The zero-order valence-electron chi connectivity index (χ0n) is 11.3. The van der Waals surface area contributed by atoms with Gasteiger partial charge in [0.15, 0.2) is 0 Å². The first-order valence-electron chi connectivity index (χ1n) is 6.05. The van der Waals surface area contributed by atoms with Crippen molar-refractivity contribution in [3.8, 4) is 10.4 Å². The summed E-state index contributed by atoms with van der Waals surface area (Å²) < 4.78 is 5.34. The molecule has 3 nitrogen and oxygen atoms in total. The van der Waals surface area contributed by atoms with Crippen LogP contribution in [-0.4, -0.2) is 11.6 Å². The molecule has 4 heteroatoms. The monoisotopic (exact) mass is 275 g/mol. The van der Waals surface area contributed by atoms with Crippen LogP contribution in [0, 0.1) is 0 Å². The van der Waals surface area contributed by atoms with Crippen LogP contribution in [0.5, 0.6) is 0 Å². The topological polar surface area (TPSA) is 52.3 Å². The number of nitrogens with two attached hydrogens (primary N) is 1. The highest BCUT2D eigenvalue weighted by molar-refractivity contribution is 7.19. The summed E-state index contributed by atoms with van der Waals surface area (Å²) in [6.07, 6.45) is 0. The van der Waals surface area contributed by atoms with Crippen molar-refractivity contribution in [1.82, 2.24) is 0 Å². The average Bonchev–Trinajstić information content (AvgIpc) is 2.70. The molecule has 0 fully saturated rings. The van der Waals surface area contributed by atoms with Gasteiger partial charge in [-0.05, 0) is 32.4 Å². The lowest BCUT2D eigenvalue weighted by atomic mass is 10.1. The van der Waals surface area contributed by atoms with E-state index in [-0.39, 0.29) is 5.97 Å². The molecule has 100 valence electrons. The summed E-state index contributed by atoms with van der Waals surface area (Å²) in [7, 11) is 0. The standard InChI is InChI=1S/C15H17NO2S/c1-15(2,3)18-14(17)11-9-12(19-13(11)16)10-7-5-4-6-8-10/h4-9H,16H2,1-3H3. The van der Waals surface area contributed by atoms with Crippen molar-refractivity contribution >= 4 is 22.3 Å². The Balaban J connectivity index is 2.30. The summed E-state index contributed by atoms with van der Waals surface area (Å²) in [4.78, 5) is 13.0. The highest BCUT2D eigenvalue weighted by Gasteiger charge is 2.21. The largest absolute Gasteiger partial charge is 0.456 e. The van der Waals surface area contributed by atoms with Gasteiger partial charge in [0, 0.05) is 4.88 Å². The number of nitrogen functional groups attached to an aromatic ring is 1. The van der Waals surface area contributed by atoms with Gasteiger partial charge in [-0.15, -0.1) is 11.3 Å². The smallest absolute Gasteiger partial charge is 0.341 e. The summed E-state index contributed by atoms with van der Waals surface area (Å²) in [5.41, 5.74) is 6.89. The highest BCUT2D eigenvalue weighted by atomic mass is 32.1. The van der Waals surface area contributed by atoms with Gasteiger partial charge in [0.1, 0.15) is 10.6 Å². The van der Waals surface area contributed by atoms with Gasteiger partial charge in [-0.2, -0.15) is 0 Å². The average molecular weight is 275 g/mol. The first-order chi connectivity index (χ1) is 8.87. The molecule has 19 heavy (non-hydrogen) atoms. The van der Waals surface area contributed by atoms with E-state index in [1.165, 1.54) is 11.3 Å². The van der Waals surface area contributed by atoms with Crippen LogP contribution in [0.25, 0.3) is 10.4 Å². The van der Waals surface area contributed by atoms with Crippen LogP contribution >= 0.6 is 11.3 Å². The van der Waals surface area contributed by atoms with Crippen molar-refractivity contribution in [2.75, 3.05) is 5.73 Å². The Morgan fingerprint density at radius 1 is 1.21 bits per heavy atom. The first-order valence-corrected chi connectivity index (χ1v) is 6.86. The van der Waals surface area contributed by atoms with E-state index in [4.69, 9.17) is 10.5 Å². The number of thiophene rings is 1. The minimum absolute atomic E-state index is 0.372. The van der Waals surface area contributed by atoms with Crippen LogP contribution in [-0.2, 0) is 4.74 Å². The molecule has 0 atom stereocenters. The van der Waals surface area contributed by atoms with Crippen LogP contribution in [0.1, 0.15) is 31.1 Å². The molecule has 0 aliphatic heterocycles. The molecule has 2 N–H and O–H groups in total. The number of benzene rings is 1. The van der Waals surface area contributed by atoms with Gasteiger partial charge in [-0.25, -0.2) is 4.79 Å². The molecular weight excluding hydrogens is 258 g/mol. The number of carbonyl (C=O) groups is 1. The molecule has 0 aliphatic carbocycles. The Morgan fingerprint density at radius 2 is 1.84 bits per heavy atom. The predicted molar refractivity (Wildman–Crippen MR) is 79.3 cm³/mol. The summed E-state index contributed by atoms with van der Waals surface area (Å²) >= 11 is 1.40. The van der Waals surface area contributed by atoms with Crippen LogP contribution in [0.4, 0.5) is 5.00 Å². The SMILES string of the molecule is CC(C)(C)OC(=O)c1cc(-c2ccccc2)sc1N. The quantitative estimate of drug-likeness (QED) is 0.844. The second-order valence-electron chi connectivity index (χ2n) is 5.26. The number of hydrogen-bond acceptors (Lipinski definition) is 4. The number of anilines is 1. The van der Waals surface area contributed by atoms with Crippen molar-refractivity contribution in [2.24, 2.45) is 0 Å². The molecule has 1 heterocycles. The van der Waals surface area contributed by atoms with Crippen LogP contribution in [0.2, 0.25) is 0 Å². The summed E-state index contributed by atoms with van der Waals surface area (Å²) in [6, 6.07) is 11.6. The van der Waals surface area contributed by atoms with Crippen molar-refractivity contribution in [3.05, 3.63) is 42.0 Å². The van der Waals surface area contributed by atoms with Gasteiger partial charge in [-0.1, -0.05) is 30.3 Å². The Morgan fingerprint density at radius 3 is 2.42 bits per heavy atom. The molecular formula is C15H17NO2S. The van der Waals surface area contributed by atoms with E-state index in [0.717, 1.165) is 10.4 Å². The normalized spacial score (nSPS) is 11.3. The van der Waals surface area contributed by atoms with Crippen LogP contribution in [0.3, 0.4) is 0 Å². The molecule has 0 saturated carbocycles. The lowest BCUT2D eigenvalue weighted by molar-refractivity contribution is 0.00713. The summed E-state index contributed by atoms with van der Waals surface area (Å²) in [6.45, 7) is 5.52. The number of esters is 1. The van der Waals surface area contributed by atoms with Gasteiger partial charge < -0.3 is 10.5 Å². The molecule has 0 spiro atoms. The molecule has 0 radical (unpaired) electrons. The molecule has 1 aromatic heterocycles. The van der Waals surface area contributed by atoms with Crippen LogP contribution in [0.15, 0.2) is 36.4 Å². The Labute approximate surface area is 117 Å². The third kappa shape index (κ3) is 3.35. The minimum Gasteiger partial charge on any atom is -0.456 e. The Hall–Kier alpha value is -1.81. The second-order valence-corrected chi connectivity index (χ2v) is 6.34. The maximum atomic E-state index is 12.0. The lowest BCUT2D eigenvalue weighted by Crippen LogP contribution is -2.24. The third-order valence-corrected chi connectivity index (χ3v) is 3.45. The van der Waals surface area contributed by atoms with Crippen molar-refractivity contribution < 1.29 is 9.53 Å². The Kier molecular flexibility index (Phi) is 3.62. The van der Waals surface area contributed by atoms with E-state index < -0.39 is 5.60 Å². The van der Waals surface area contributed by atoms with E-state index in [1.807, 2.05) is 51.1 Å². The van der Waals surface area contributed by atoms with Crippen molar-refractivity contribution in [3.63, 3.8) is 0 Å². The molecule has 2 aromatic rings. The third-order valence-electron chi connectivity index (χ3n) is 2.44. The van der Waals surface area contributed by atoms with Gasteiger partial charge in [0.25, 0.3) is 0 Å². The molecule has 1 aromatic carbocycles. The van der Waals surface area contributed by atoms with Gasteiger partial charge in [0.05, 0.1) is 5.56 Å². The van der Waals surface area contributed by atoms with Gasteiger partial charge in [-0.3, -0.25) is 0 Å². The predicted octanol–water partition coefficient (Wildman–Crippen LogP) is 3.95. The number of ether oxygens (including phenoxy) is 1. The molecule has 0 bridgehead atoms. The fourth-order valence-corrected chi connectivity index (χ4v) is 2.56. The van der Waals surface area contributed by atoms with E-state index in [9.17, 15) is 4.79 Å². The maximum Gasteiger partial charge on any atom is 0.341 e. The van der Waals surface area contributed by atoms with Crippen molar-refractivity contribution in [1.29, 1.82) is 0 Å². The van der Waals surface area contributed by atoms with Crippen molar-refractivity contribution in [2.45, 2.75) is 26.4 Å². The van der Waals surface area contributed by atoms with E-state index in [2.05, 4.69) is 0 Å². The molecule has 0 unspecified atom stereocenters. The van der Waals surface area contributed by atoms with E-state index in [1.54, 1.807) is 6.07 Å². The summed E-state index contributed by atoms with van der Waals surface area (Å²) in [5.74, 6) is -0.372. The molecule has 0 aliphatic rings. The van der Waals surface area contributed by atoms with E-state index in [0.29, 0.717) is 10.6 Å². The fourth-order valence-electron chi connectivity index (χ4n) is 1.64. The maximum absolute atomic E-state index is 12.0. The molecule has 2 rings (SSSR count). The van der Waals surface area contributed by atoms with Gasteiger partial charge >= 0.3 is 5.97 Å². The second kappa shape index (κ2) is 5.05. The van der Waals surface area contributed by atoms with Gasteiger partial charge in [0.2, 0.25) is 0 Å². The zero-order valence-corrected chi connectivity index (χ0v) is 12.1. The molecule has 0 saturated heterocycles. The Bertz CT molecular complexity index is 582. The summed E-state index contributed by atoms with van der Waals surface area (Å²) in [5, 5.41) is 0.494. The van der Waals surface area contributed by atoms with E-state index >= 15 is 0 Å². The number of carbonyl (C=O) groups excluding carboxylic acids is 1. The highest BCUT2D eigenvalue weighted by Crippen LogP contribution is 2.34. The minimum atomic E-state index is -0.516. The zero-order chi connectivity index (χ0) is 14.0. The van der Waals surface area contributed by atoms with Crippen LogP contribution < -0.4 is 5.73 Å². The first kappa shape index (κ1) is 13.6. The lowest BCUT2D eigenvalue weighted by Gasteiger charge is -2.19. The fraction of sp³-hybridized carbons (Fsp3) is 0.267. The number of hydrogen-bond donors (Lipinski definition) is 1. The molecule has 0 amide bonds.